The van der Waals surface area contributed by atoms with Gasteiger partial charge in [-0.05, 0) is 29.2 Å². The number of carbonyl (C=O) groups is 1. The Hall–Kier alpha value is -2.03. The van der Waals surface area contributed by atoms with Gasteiger partial charge in [0.1, 0.15) is 11.5 Å². The average molecular weight is 257 g/mol. The van der Waals surface area contributed by atoms with Gasteiger partial charge in [0.15, 0.2) is 5.78 Å². The molecule has 0 unspecified atom stereocenters. The van der Waals surface area contributed by atoms with Crippen LogP contribution in [0.5, 0.6) is 0 Å². The average Bonchev–Trinajstić information content (AvgIpc) is 2.40. The Labute approximate surface area is 112 Å². The highest BCUT2D eigenvalue weighted by molar-refractivity contribution is 5.95. The highest BCUT2D eigenvalue weighted by atomic mass is 19.1. The molecule has 0 fully saturated rings. The molecule has 2 aromatic rings. The number of Topliss-reactive ketones (excluding diaryl/α,β-unsaturated/α-hetero) is 1. The fourth-order valence-corrected chi connectivity index (χ4v) is 1.84. The SMILES string of the molecule is CC(C)c1ccc(CC(=O)c2ccc(F)cn2)cc1. The van der Waals surface area contributed by atoms with Gasteiger partial charge in [0.05, 0.1) is 6.20 Å². The third kappa shape index (κ3) is 3.47. The first-order chi connectivity index (χ1) is 9.06. The second-order valence-corrected chi connectivity index (χ2v) is 4.86. The first kappa shape index (κ1) is 13.4. The number of pyridine rings is 1. The molecule has 0 aliphatic carbocycles. The molecule has 0 aliphatic heterocycles. The van der Waals surface area contributed by atoms with Gasteiger partial charge >= 0.3 is 0 Å². The second kappa shape index (κ2) is 5.74. The van der Waals surface area contributed by atoms with Crippen LogP contribution >= 0.6 is 0 Å². The van der Waals surface area contributed by atoms with E-state index in [0.717, 1.165) is 11.8 Å². The molecule has 0 N–H and O–H groups in total. The summed E-state index contributed by atoms with van der Waals surface area (Å²) in [6, 6.07) is 10.6. The van der Waals surface area contributed by atoms with Crippen LogP contribution in [-0.4, -0.2) is 10.8 Å². The quantitative estimate of drug-likeness (QED) is 0.780. The van der Waals surface area contributed by atoms with Crippen LogP contribution in [0.25, 0.3) is 0 Å². The molecular formula is C16H16FNO. The zero-order valence-corrected chi connectivity index (χ0v) is 11.1. The van der Waals surface area contributed by atoms with Gasteiger partial charge in [0.2, 0.25) is 0 Å². The largest absolute Gasteiger partial charge is 0.292 e. The number of benzene rings is 1. The summed E-state index contributed by atoms with van der Waals surface area (Å²) in [4.78, 5) is 15.8. The smallest absolute Gasteiger partial charge is 0.185 e. The molecule has 1 aromatic carbocycles. The molecule has 19 heavy (non-hydrogen) atoms. The molecule has 0 bridgehead atoms. The Morgan fingerprint density at radius 1 is 1.16 bits per heavy atom. The minimum absolute atomic E-state index is 0.0997. The van der Waals surface area contributed by atoms with Crippen molar-refractivity contribution in [1.29, 1.82) is 0 Å². The van der Waals surface area contributed by atoms with Crippen molar-refractivity contribution in [3.63, 3.8) is 0 Å². The molecule has 98 valence electrons. The van der Waals surface area contributed by atoms with E-state index < -0.39 is 5.82 Å². The second-order valence-electron chi connectivity index (χ2n) is 4.86. The number of ketones is 1. The molecule has 0 radical (unpaired) electrons. The fourth-order valence-electron chi connectivity index (χ4n) is 1.84. The van der Waals surface area contributed by atoms with Crippen molar-refractivity contribution in [3.8, 4) is 0 Å². The summed E-state index contributed by atoms with van der Waals surface area (Å²) in [5.74, 6) is -0.0568. The third-order valence-electron chi connectivity index (χ3n) is 3.02. The molecule has 2 rings (SSSR count). The van der Waals surface area contributed by atoms with Crippen molar-refractivity contribution in [1.82, 2.24) is 4.98 Å². The minimum Gasteiger partial charge on any atom is -0.292 e. The van der Waals surface area contributed by atoms with Gasteiger partial charge in [0, 0.05) is 6.42 Å². The molecule has 3 heteroatoms. The van der Waals surface area contributed by atoms with Gasteiger partial charge in [0.25, 0.3) is 0 Å². The first-order valence-corrected chi connectivity index (χ1v) is 6.30. The van der Waals surface area contributed by atoms with Gasteiger partial charge in [-0.15, -0.1) is 0 Å². The molecule has 0 spiro atoms. The van der Waals surface area contributed by atoms with E-state index in [9.17, 15) is 9.18 Å². The molecule has 0 amide bonds. The summed E-state index contributed by atoms with van der Waals surface area (Å²) >= 11 is 0. The number of hydrogen-bond donors (Lipinski definition) is 0. The minimum atomic E-state index is -0.433. The van der Waals surface area contributed by atoms with Gasteiger partial charge in [-0.3, -0.25) is 9.78 Å². The lowest BCUT2D eigenvalue weighted by Gasteiger charge is -2.06. The van der Waals surface area contributed by atoms with E-state index in [1.54, 1.807) is 0 Å². The molecule has 2 nitrogen and oxygen atoms in total. The Balaban J connectivity index is 2.08. The lowest BCUT2D eigenvalue weighted by Crippen LogP contribution is -2.06. The van der Waals surface area contributed by atoms with Gasteiger partial charge in [-0.25, -0.2) is 4.39 Å². The van der Waals surface area contributed by atoms with Crippen LogP contribution in [-0.2, 0) is 6.42 Å². The Morgan fingerprint density at radius 2 is 1.84 bits per heavy atom. The van der Waals surface area contributed by atoms with Crippen molar-refractivity contribution >= 4 is 5.78 Å². The highest BCUT2D eigenvalue weighted by Gasteiger charge is 2.09. The summed E-state index contributed by atoms with van der Waals surface area (Å²) in [6.45, 7) is 4.26. The zero-order valence-electron chi connectivity index (χ0n) is 11.1. The van der Waals surface area contributed by atoms with E-state index in [-0.39, 0.29) is 12.2 Å². The van der Waals surface area contributed by atoms with Crippen LogP contribution in [0.15, 0.2) is 42.6 Å². The van der Waals surface area contributed by atoms with Crippen LogP contribution in [0.2, 0.25) is 0 Å². The molecule has 0 saturated heterocycles. The Bertz CT molecular complexity index is 558. The lowest BCUT2D eigenvalue weighted by molar-refractivity contribution is 0.0988. The summed E-state index contributed by atoms with van der Waals surface area (Å²) < 4.78 is 12.7. The third-order valence-corrected chi connectivity index (χ3v) is 3.02. The van der Waals surface area contributed by atoms with Crippen molar-refractivity contribution in [2.24, 2.45) is 0 Å². The number of carbonyl (C=O) groups excluding carboxylic acids is 1. The predicted molar refractivity (Wildman–Crippen MR) is 72.8 cm³/mol. The van der Waals surface area contributed by atoms with Crippen molar-refractivity contribution in [2.45, 2.75) is 26.2 Å². The predicted octanol–water partition coefficient (Wildman–Crippen LogP) is 3.77. The first-order valence-electron chi connectivity index (χ1n) is 6.30. The molecule has 0 saturated carbocycles. The van der Waals surface area contributed by atoms with Gasteiger partial charge in [-0.2, -0.15) is 0 Å². The van der Waals surface area contributed by atoms with E-state index >= 15 is 0 Å². The van der Waals surface area contributed by atoms with Crippen LogP contribution in [0.1, 0.15) is 41.4 Å². The Kier molecular flexibility index (Phi) is 4.05. The van der Waals surface area contributed by atoms with Crippen molar-refractivity contribution in [2.75, 3.05) is 0 Å². The van der Waals surface area contributed by atoms with Crippen molar-refractivity contribution in [3.05, 3.63) is 65.2 Å². The molecule has 1 aromatic heterocycles. The van der Waals surface area contributed by atoms with E-state index in [1.165, 1.54) is 17.7 Å². The number of rotatable bonds is 4. The molecular weight excluding hydrogens is 241 g/mol. The van der Waals surface area contributed by atoms with Gasteiger partial charge in [-0.1, -0.05) is 38.1 Å². The summed E-state index contributed by atoms with van der Waals surface area (Å²) in [5.41, 5.74) is 2.49. The topological polar surface area (TPSA) is 30.0 Å². The van der Waals surface area contributed by atoms with Crippen molar-refractivity contribution < 1.29 is 9.18 Å². The standard InChI is InChI=1S/C16H16FNO/c1-11(2)13-5-3-12(4-6-13)9-16(19)15-8-7-14(17)10-18-15/h3-8,10-11H,9H2,1-2H3. The number of halogens is 1. The highest BCUT2D eigenvalue weighted by Crippen LogP contribution is 2.15. The van der Waals surface area contributed by atoms with Crippen LogP contribution in [0.3, 0.4) is 0 Å². The maximum Gasteiger partial charge on any atom is 0.185 e. The lowest BCUT2D eigenvalue weighted by atomic mass is 9.99. The maximum atomic E-state index is 12.7. The van der Waals surface area contributed by atoms with E-state index in [1.807, 2.05) is 24.3 Å². The summed E-state index contributed by atoms with van der Waals surface area (Å²) in [6.07, 6.45) is 1.35. The summed E-state index contributed by atoms with van der Waals surface area (Å²) in [7, 11) is 0. The van der Waals surface area contributed by atoms with E-state index in [2.05, 4.69) is 18.8 Å². The van der Waals surface area contributed by atoms with Crippen LogP contribution in [0.4, 0.5) is 4.39 Å². The van der Waals surface area contributed by atoms with Gasteiger partial charge < -0.3 is 0 Å². The molecule has 1 heterocycles. The van der Waals surface area contributed by atoms with E-state index in [4.69, 9.17) is 0 Å². The van der Waals surface area contributed by atoms with E-state index in [0.29, 0.717) is 11.6 Å². The maximum absolute atomic E-state index is 12.7. The molecule has 0 aliphatic rings. The molecule has 0 atom stereocenters. The fraction of sp³-hybridized carbons (Fsp3) is 0.250. The van der Waals surface area contributed by atoms with Crippen LogP contribution < -0.4 is 0 Å². The van der Waals surface area contributed by atoms with Crippen LogP contribution in [0, 0.1) is 5.82 Å². The monoisotopic (exact) mass is 257 g/mol. The Morgan fingerprint density at radius 3 is 2.37 bits per heavy atom. The summed E-state index contributed by atoms with van der Waals surface area (Å²) in [5, 5.41) is 0. The zero-order chi connectivity index (χ0) is 13.8. The normalized spacial score (nSPS) is 10.7. The number of nitrogens with zero attached hydrogens (tertiary/aromatic N) is 1. The number of aromatic nitrogens is 1. The number of hydrogen-bond acceptors (Lipinski definition) is 2.